The molecule has 0 amide bonds. The van der Waals surface area contributed by atoms with Crippen molar-refractivity contribution in [1.29, 1.82) is 0 Å². The van der Waals surface area contributed by atoms with Crippen molar-refractivity contribution in [3.05, 3.63) is 76.6 Å². The first kappa shape index (κ1) is 17.4. The highest BCUT2D eigenvalue weighted by Crippen LogP contribution is 2.38. The first-order chi connectivity index (χ1) is 11.8. The lowest BCUT2D eigenvalue weighted by atomic mass is 9.97. The highest BCUT2D eigenvalue weighted by molar-refractivity contribution is 7.92. The Balaban J connectivity index is 2.05. The fraction of sp³-hybridized carbons (Fsp3) is 0.200. The monoisotopic (exact) mass is 357 g/mol. The molecule has 0 aromatic heterocycles. The minimum atomic E-state index is -3.74. The Morgan fingerprint density at radius 3 is 2.28 bits per heavy atom. The summed E-state index contributed by atoms with van der Waals surface area (Å²) < 4.78 is 41.8. The largest absolute Gasteiger partial charge is 0.279 e. The number of rotatable bonds is 4. The normalized spacial score (nSPS) is 14.6. The van der Waals surface area contributed by atoms with Crippen molar-refractivity contribution < 1.29 is 12.8 Å². The molecular formula is C20H20FNO2S. The lowest BCUT2D eigenvalue weighted by Gasteiger charge is -2.16. The summed E-state index contributed by atoms with van der Waals surface area (Å²) in [6.45, 7) is 5.83. The predicted octanol–water partition coefficient (Wildman–Crippen LogP) is 5.06. The van der Waals surface area contributed by atoms with Crippen molar-refractivity contribution in [2.45, 2.75) is 32.1 Å². The Morgan fingerprint density at radius 1 is 1.00 bits per heavy atom. The van der Waals surface area contributed by atoms with Gasteiger partial charge in [-0.2, -0.15) is 0 Å². The van der Waals surface area contributed by atoms with Gasteiger partial charge in [0.15, 0.2) is 0 Å². The van der Waals surface area contributed by atoms with Gasteiger partial charge in [-0.3, -0.25) is 4.72 Å². The Bertz CT molecular complexity index is 987. The van der Waals surface area contributed by atoms with Gasteiger partial charge in [-0.1, -0.05) is 29.3 Å². The maximum Gasteiger partial charge on any atom is 0.261 e. The van der Waals surface area contributed by atoms with Crippen LogP contribution in [0.3, 0.4) is 0 Å². The van der Waals surface area contributed by atoms with Crippen LogP contribution in [0.2, 0.25) is 0 Å². The molecule has 0 spiro atoms. The highest BCUT2D eigenvalue weighted by atomic mass is 32.2. The Morgan fingerprint density at radius 2 is 1.68 bits per heavy atom. The third-order valence-corrected chi connectivity index (χ3v) is 5.74. The zero-order valence-electron chi connectivity index (χ0n) is 14.4. The number of sulfonamides is 1. The molecule has 0 atom stereocenters. The molecule has 0 aliphatic heterocycles. The van der Waals surface area contributed by atoms with Gasteiger partial charge >= 0.3 is 0 Å². The van der Waals surface area contributed by atoms with Gasteiger partial charge in [-0.25, -0.2) is 12.8 Å². The van der Waals surface area contributed by atoms with Gasteiger partial charge in [0.1, 0.15) is 5.82 Å². The van der Waals surface area contributed by atoms with E-state index in [2.05, 4.69) is 10.8 Å². The van der Waals surface area contributed by atoms with E-state index in [-0.39, 0.29) is 4.90 Å². The number of halogens is 1. The Labute approximate surface area is 147 Å². The molecule has 1 aliphatic rings. The van der Waals surface area contributed by atoms with E-state index in [1.54, 1.807) is 24.3 Å². The SMILES string of the molecule is CC1=CCC(C)=C1c1cc(F)ccc1NS(=O)(=O)c1ccc(C)cc1. The summed E-state index contributed by atoms with van der Waals surface area (Å²) >= 11 is 0. The quantitative estimate of drug-likeness (QED) is 0.831. The van der Waals surface area contributed by atoms with Crippen LogP contribution in [0.4, 0.5) is 10.1 Å². The third kappa shape index (κ3) is 3.51. The van der Waals surface area contributed by atoms with Gasteiger partial charge in [0.05, 0.1) is 10.6 Å². The number of hydrogen-bond donors (Lipinski definition) is 1. The molecule has 0 heterocycles. The number of benzene rings is 2. The van der Waals surface area contributed by atoms with E-state index in [9.17, 15) is 12.8 Å². The molecule has 3 nitrogen and oxygen atoms in total. The first-order valence-corrected chi connectivity index (χ1v) is 9.52. The van der Waals surface area contributed by atoms with Gasteiger partial charge in [-0.15, -0.1) is 0 Å². The van der Waals surface area contributed by atoms with Gasteiger partial charge in [0, 0.05) is 5.56 Å². The topological polar surface area (TPSA) is 46.2 Å². The maximum atomic E-state index is 13.8. The summed E-state index contributed by atoms with van der Waals surface area (Å²) in [5, 5.41) is 0. The number of anilines is 1. The molecule has 0 radical (unpaired) electrons. The van der Waals surface area contributed by atoms with Crippen LogP contribution in [-0.4, -0.2) is 8.42 Å². The smallest absolute Gasteiger partial charge is 0.261 e. The lowest BCUT2D eigenvalue weighted by Crippen LogP contribution is -2.14. The van der Waals surface area contributed by atoms with Crippen LogP contribution in [0.15, 0.2) is 64.6 Å². The zero-order chi connectivity index (χ0) is 18.2. The average Bonchev–Trinajstić information content (AvgIpc) is 2.88. The van der Waals surface area contributed by atoms with Crippen molar-refractivity contribution in [3.8, 4) is 0 Å². The fourth-order valence-electron chi connectivity index (χ4n) is 3.02. The van der Waals surface area contributed by atoms with Crippen LogP contribution in [0.5, 0.6) is 0 Å². The summed E-state index contributed by atoms with van der Waals surface area (Å²) in [4.78, 5) is 0.178. The van der Waals surface area contributed by atoms with Gasteiger partial charge < -0.3 is 0 Å². The molecule has 0 bridgehead atoms. The van der Waals surface area contributed by atoms with Crippen LogP contribution in [0, 0.1) is 12.7 Å². The second kappa shape index (κ2) is 6.48. The predicted molar refractivity (Wildman–Crippen MR) is 99.4 cm³/mol. The van der Waals surface area contributed by atoms with E-state index in [1.165, 1.54) is 18.2 Å². The summed E-state index contributed by atoms with van der Waals surface area (Å²) in [5.41, 5.74) is 4.96. The zero-order valence-corrected chi connectivity index (χ0v) is 15.2. The van der Waals surface area contributed by atoms with Crippen LogP contribution in [0.25, 0.3) is 5.57 Å². The minimum Gasteiger partial charge on any atom is -0.279 e. The lowest BCUT2D eigenvalue weighted by molar-refractivity contribution is 0.601. The highest BCUT2D eigenvalue weighted by Gasteiger charge is 2.21. The second-order valence-corrected chi connectivity index (χ2v) is 8.04. The molecule has 1 aliphatic carbocycles. The van der Waals surface area contributed by atoms with Gasteiger partial charge in [0.25, 0.3) is 10.0 Å². The molecule has 0 saturated carbocycles. The molecule has 130 valence electrons. The summed E-state index contributed by atoms with van der Waals surface area (Å²) in [7, 11) is -3.74. The van der Waals surface area contributed by atoms with Crippen molar-refractivity contribution in [1.82, 2.24) is 0 Å². The van der Waals surface area contributed by atoms with E-state index in [0.717, 1.165) is 28.7 Å². The summed E-state index contributed by atoms with van der Waals surface area (Å²) in [6.07, 6.45) is 2.86. The molecule has 2 aromatic carbocycles. The molecule has 0 fully saturated rings. The van der Waals surface area contributed by atoms with Gasteiger partial charge in [0.2, 0.25) is 0 Å². The van der Waals surface area contributed by atoms with Gasteiger partial charge in [-0.05, 0) is 68.7 Å². The maximum absolute atomic E-state index is 13.8. The van der Waals surface area contributed by atoms with Crippen LogP contribution in [-0.2, 0) is 10.0 Å². The van der Waals surface area contributed by atoms with Crippen LogP contribution >= 0.6 is 0 Å². The van der Waals surface area contributed by atoms with Crippen molar-refractivity contribution in [3.63, 3.8) is 0 Å². The van der Waals surface area contributed by atoms with E-state index < -0.39 is 15.8 Å². The first-order valence-electron chi connectivity index (χ1n) is 8.04. The van der Waals surface area contributed by atoms with E-state index in [4.69, 9.17) is 0 Å². The standard InChI is InChI=1S/C20H20FNO2S/c1-13-4-9-17(10-5-13)25(23,24)22-19-11-8-16(21)12-18(19)20-14(2)6-7-15(20)3/h4-6,8-12,22H,7H2,1-3H3. The molecule has 2 aromatic rings. The van der Waals surface area contributed by atoms with E-state index in [1.807, 2.05) is 20.8 Å². The number of hydrogen-bond acceptors (Lipinski definition) is 2. The average molecular weight is 357 g/mol. The molecule has 0 unspecified atom stereocenters. The van der Waals surface area contributed by atoms with Crippen LogP contribution in [0.1, 0.15) is 31.4 Å². The minimum absolute atomic E-state index is 0.178. The van der Waals surface area contributed by atoms with Crippen molar-refractivity contribution in [2.24, 2.45) is 0 Å². The van der Waals surface area contributed by atoms with Crippen molar-refractivity contribution in [2.75, 3.05) is 4.72 Å². The number of aryl methyl sites for hydroxylation is 1. The molecule has 1 N–H and O–H groups in total. The Hall–Kier alpha value is -2.40. The van der Waals surface area contributed by atoms with Crippen molar-refractivity contribution >= 4 is 21.3 Å². The molecular weight excluding hydrogens is 337 g/mol. The molecule has 25 heavy (non-hydrogen) atoms. The summed E-state index contributed by atoms with van der Waals surface area (Å²) in [5.74, 6) is -0.395. The van der Waals surface area contributed by atoms with Crippen LogP contribution < -0.4 is 4.72 Å². The number of allylic oxidation sites excluding steroid dienone is 4. The Kier molecular flexibility index (Phi) is 4.52. The van der Waals surface area contributed by atoms with E-state index in [0.29, 0.717) is 11.3 Å². The number of nitrogens with one attached hydrogen (secondary N) is 1. The molecule has 3 rings (SSSR count). The summed E-state index contributed by atoms with van der Waals surface area (Å²) in [6, 6.07) is 10.7. The molecule has 0 saturated heterocycles. The molecule has 5 heteroatoms. The third-order valence-electron chi connectivity index (χ3n) is 4.36. The van der Waals surface area contributed by atoms with E-state index >= 15 is 0 Å². The fourth-order valence-corrected chi connectivity index (χ4v) is 4.10. The second-order valence-electron chi connectivity index (χ2n) is 6.36.